The van der Waals surface area contributed by atoms with E-state index in [9.17, 15) is 22.8 Å². The fraction of sp³-hybridized carbons (Fsp3) is 0.412. The molecule has 0 radical (unpaired) electrons. The smallest absolute Gasteiger partial charge is 0.306 e. The highest BCUT2D eigenvalue weighted by molar-refractivity contribution is 7.19. The average Bonchev–Trinajstić information content (AvgIpc) is 3.34. The van der Waals surface area contributed by atoms with Crippen LogP contribution in [0, 0.1) is 35.2 Å². The minimum Gasteiger partial charge on any atom is -0.466 e. The summed E-state index contributed by atoms with van der Waals surface area (Å²) in [4.78, 5) is 34.4. The summed E-state index contributed by atoms with van der Waals surface area (Å²) in [6.45, 7) is 9.88. The van der Waals surface area contributed by atoms with Crippen LogP contribution in [0.2, 0.25) is 0 Å². The van der Waals surface area contributed by atoms with Gasteiger partial charge in [-0.1, -0.05) is 44.2 Å². The summed E-state index contributed by atoms with van der Waals surface area (Å²) in [5.41, 5.74) is 1.79. The number of nitrogens with zero attached hydrogens (tertiary/aromatic N) is 5. The van der Waals surface area contributed by atoms with Crippen molar-refractivity contribution in [2.45, 2.75) is 45.3 Å². The maximum Gasteiger partial charge on any atom is 0.306 e. The molecule has 1 unspecified atom stereocenters. The Hall–Kier alpha value is -3.98. The van der Waals surface area contributed by atoms with Gasteiger partial charge in [0, 0.05) is 48.9 Å². The minimum absolute atomic E-state index is 0.0586. The van der Waals surface area contributed by atoms with Gasteiger partial charge in [-0.2, -0.15) is 9.61 Å². The molecular formula is C34H37F3N5O3P. The van der Waals surface area contributed by atoms with E-state index in [2.05, 4.69) is 39.9 Å². The number of aromatic nitrogens is 3. The lowest BCUT2D eigenvalue weighted by molar-refractivity contribution is -0.143. The number of anilines is 1. The number of hydrogen-bond donors (Lipinski definition) is 0. The molecule has 1 aliphatic carbocycles. The minimum atomic E-state index is -1.55. The van der Waals surface area contributed by atoms with Crippen molar-refractivity contribution < 1.29 is 27.5 Å². The van der Waals surface area contributed by atoms with Crippen LogP contribution >= 0.6 is 9.24 Å². The molecule has 2 aromatic heterocycles. The van der Waals surface area contributed by atoms with Crippen molar-refractivity contribution in [2.24, 2.45) is 17.8 Å². The number of likely N-dealkylation sites (tertiary alicyclic amines) is 1. The number of halogens is 3. The van der Waals surface area contributed by atoms with Gasteiger partial charge in [-0.25, -0.2) is 18.2 Å². The van der Waals surface area contributed by atoms with Crippen molar-refractivity contribution in [3.05, 3.63) is 83.3 Å². The molecular weight excluding hydrogens is 614 g/mol. The number of rotatable bonds is 10. The molecule has 5 atom stereocenters. The first-order chi connectivity index (χ1) is 21.9. The largest absolute Gasteiger partial charge is 0.466 e. The summed E-state index contributed by atoms with van der Waals surface area (Å²) in [5, 5.41) is 4.49. The summed E-state index contributed by atoms with van der Waals surface area (Å²) in [6.07, 6.45) is 0.324. The second-order valence-electron chi connectivity index (χ2n) is 12.7. The second kappa shape index (κ2) is 12.3. The molecule has 46 heavy (non-hydrogen) atoms. The van der Waals surface area contributed by atoms with Crippen LogP contribution in [0.3, 0.4) is 0 Å². The molecule has 1 aliphatic heterocycles. The van der Waals surface area contributed by atoms with E-state index < -0.39 is 17.5 Å². The van der Waals surface area contributed by atoms with Crippen molar-refractivity contribution in [2.75, 3.05) is 31.1 Å². The summed E-state index contributed by atoms with van der Waals surface area (Å²) in [5.74, 6) is -3.61. The third kappa shape index (κ3) is 5.85. The summed E-state index contributed by atoms with van der Waals surface area (Å²) in [7, 11) is 2.85. The van der Waals surface area contributed by atoms with E-state index in [0.717, 1.165) is 17.7 Å². The Morgan fingerprint density at radius 2 is 1.78 bits per heavy atom. The van der Waals surface area contributed by atoms with Gasteiger partial charge >= 0.3 is 5.97 Å². The van der Waals surface area contributed by atoms with Crippen LogP contribution in [0.1, 0.15) is 56.2 Å². The van der Waals surface area contributed by atoms with E-state index in [1.807, 2.05) is 30.3 Å². The van der Waals surface area contributed by atoms with E-state index >= 15 is 0 Å². The highest BCUT2D eigenvalue weighted by Crippen LogP contribution is 2.63. The number of piperidine rings is 1. The van der Waals surface area contributed by atoms with Crippen LogP contribution in [0.15, 0.2) is 54.6 Å². The number of carbonyl (C=O) groups is 2. The average molecular weight is 652 g/mol. The maximum atomic E-state index is 14.4. The fourth-order valence-electron chi connectivity index (χ4n) is 6.72. The van der Waals surface area contributed by atoms with E-state index in [1.165, 1.54) is 0 Å². The van der Waals surface area contributed by atoms with Gasteiger partial charge in [0.25, 0.3) is 5.91 Å². The topological polar surface area (TPSA) is 80.0 Å². The molecule has 2 fully saturated rings. The molecule has 242 valence electrons. The number of hydrogen-bond acceptors (Lipinski definition) is 6. The number of amides is 1. The number of ether oxygens (including phenoxy) is 1. The lowest BCUT2D eigenvalue weighted by Gasteiger charge is -2.33. The van der Waals surface area contributed by atoms with Crippen molar-refractivity contribution >= 4 is 32.6 Å². The SMILES string of the molecule is CCOC(=O)C[C@@H]1[C@H]2CN(C(=O)c3cc4nc(-c5cc(F)c(F)c(F)c5)cc(N(CC(C)C)[C@@H](C)c5ccccc5)n4n3)C[C@@]12P. The maximum absolute atomic E-state index is 14.4. The van der Waals surface area contributed by atoms with Crippen molar-refractivity contribution in [3.63, 3.8) is 0 Å². The third-order valence-electron chi connectivity index (χ3n) is 9.13. The normalized spacial score (nSPS) is 21.0. The summed E-state index contributed by atoms with van der Waals surface area (Å²) < 4.78 is 49.3. The van der Waals surface area contributed by atoms with E-state index in [4.69, 9.17) is 9.84 Å². The number of benzene rings is 2. The van der Waals surface area contributed by atoms with E-state index in [-0.39, 0.29) is 57.8 Å². The lowest BCUT2D eigenvalue weighted by Crippen LogP contribution is -2.34. The molecule has 6 rings (SSSR count). The monoisotopic (exact) mass is 651 g/mol. The molecule has 8 nitrogen and oxygen atoms in total. The van der Waals surface area contributed by atoms with Gasteiger partial charge in [-0.3, -0.25) is 9.59 Å². The molecule has 2 aliphatic rings. The molecule has 1 saturated carbocycles. The van der Waals surface area contributed by atoms with E-state index in [0.29, 0.717) is 44.1 Å². The number of carbonyl (C=O) groups excluding carboxylic acids is 2. The Kier molecular flexibility index (Phi) is 8.57. The molecule has 12 heteroatoms. The Bertz CT molecular complexity index is 1780. The van der Waals surface area contributed by atoms with Crippen molar-refractivity contribution in [1.82, 2.24) is 19.5 Å². The summed E-state index contributed by atoms with van der Waals surface area (Å²) in [6, 6.07) is 14.8. The predicted molar refractivity (Wildman–Crippen MR) is 172 cm³/mol. The van der Waals surface area contributed by atoms with Crippen LogP contribution in [0.25, 0.3) is 16.9 Å². The zero-order chi connectivity index (χ0) is 32.9. The van der Waals surface area contributed by atoms with Gasteiger partial charge in [-0.15, -0.1) is 9.24 Å². The lowest BCUT2D eigenvalue weighted by atomic mass is 10.0. The molecule has 1 saturated heterocycles. The molecule has 0 spiro atoms. The molecule has 1 amide bonds. The van der Waals surface area contributed by atoms with Crippen molar-refractivity contribution in [1.29, 1.82) is 0 Å². The molecule has 2 aromatic carbocycles. The first-order valence-electron chi connectivity index (χ1n) is 15.5. The summed E-state index contributed by atoms with van der Waals surface area (Å²) >= 11 is 0. The third-order valence-corrected chi connectivity index (χ3v) is 10.2. The zero-order valence-corrected chi connectivity index (χ0v) is 27.4. The van der Waals surface area contributed by atoms with Crippen LogP contribution in [-0.4, -0.2) is 62.8 Å². The van der Waals surface area contributed by atoms with Gasteiger partial charge in [0.05, 0.1) is 18.3 Å². The Labute approximate surface area is 268 Å². The van der Waals surface area contributed by atoms with Gasteiger partial charge in [0.15, 0.2) is 28.8 Å². The molecule has 4 aromatic rings. The Morgan fingerprint density at radius 1 is 1.09 bits per heavy atom. The van der Waals surface area contributed by atoms with Gasteiger partial charge in [-0.05, 0) is 49.3 Å². The first-order valence-corrected chi connectivity index (χ1v) is 16.1. The predicted octanol–water partition coefficient (Wildman–Crippen LogP) is 6.31. The van der Waals surface area contributed by atoms with Gasteiger partial charge in [0.1, 0.15) is 5.82 Å². The quantitative estimate of drug-likeness (QED) is 0.114. The van der Waals surface area contributed by atoms with Crippen LogP contribution in [0.4, 0.5) is 19.0 Å². The number of esters is 1. The standard InChI is InChI=1S/C34H37F3N5O3P/c1-5-45-31(43)13-23-24-17-40(18-34(23,24)46)33(44)28-14-29-38-27(22-11-25(35)32(37)26(36)12-22)15-30(42(29)39-28)41(16-19(2)3)20(4)21-9-7-6-8-10-21/h6-12,14-15,19-20,23-24H,5,13,16-18,46H2,1-4H3/t20-,23+,24+,34+/m0/s1. The van der Waals surface area contributed by atoms with Gasteiger partial charge < -0.3 is 14.5 Å². The highest BCUT2D eigenvalue weighted by atomic mass is 31.0. The van der Waals surface area contributed by atoms with Crippen LogP contribution in [0.5, 0.6) is 0 Å². The fourth-order valence-corrected chi connectivity index (χ4v) is 7.53. The molecule has 0 bridgehead atoms. The Balaban J connectivity index is 1.39. The van der Waals surface area contributed by atoms with Crippen LogP contribution in [-0.2, 0) is 9.53 Å². The zero-order valence-electron chi connectivity index (χ0n) is 26.2. The van der Waals surface area contributed by atoms with E-state index in [1.54, 1.807) is 28.5 Å². The first kappa shape index (κ1) is 32.0. The number of fused-ring (bicyclic) bond motifs is 2. The molecule has 3 heterocycles. The van der Waals surface area contributed by atoms with Crippen LogP contribution < -0.4 is 4.90 Å². The second-order valence-corrected chi connectivity index (χ2v) is 13.8. The Morgan fingerprint density at radius 3 is 2.39 bits per heavy atom. The van der Waals surface area contributed by atoms with Gasteiger partial charge in [0.2, 0.25) is 0 Å². The van der Waals surface area contributed by atoms with Crippen molar-refractivity contribution in [3.8, 4) is 11.3 Å². The highest BCUT2D eigenvalue weighted by Gasteiger charge is 2.67. The molecule has 0 N–H and O–H groups in total.